The zero-order valence-corrected chi connectivity index (χ0v) is 11.2. The van der Waals surface area contributed by atoms with Crippen molar-refractivity contribution < 1.29 is 0 Å². The summed E-state index contributed by atoms with van der Waals surface area (Å²) in [6.07, 6.45) is 0. The van der Waals surface area contributed by atoms with Gasteiger partial charge in [0.25, 0.3) is 0 Å². The standard InChI is InChI=1S/C15H18N4/c1-12-8-10-14(11-9-12)19(17)15(16)18(2)13-6-4-3-5-7-13/h3-11,16H,17H2,1-2H3. The van der Waals surface area contributed by atoms with E-state index in [-0.39, 0.29) is 5.96 Å². The minimum atomic E-state index is 0.218. The van der Waals surface area contributed by atoms with Crippen LogP contribution in [0.2, 0.25) is 0 Å². The molecular formula is C15H18N4. The van der Waals surface area contributed by atoms with Gasteiger partial charge in [-0.15, -0.1) is 0 Å². The van der Waals surface area contributed by atoms with Gasteiger partial charge < -0.3 is 4.90 Å². The maximum atomic E-state index is 8.16. The Bertz CT molecular complexity index is 548. The highest BCUT2D eigenvalue weighted by Gasteiger charge is 2.13. The predicted octanol–water partition coefficient (Wildman–Crippen LogP) is 2.75. The van der Waals surface area contributed by atoms with Crippen LogP contribution < -0.4 is 15.8 Å². The Hall–Kier alpha value is -2.33. The predicted molar refractivity (Wildman–Crippen MR) is 80.4 cm³/mol. The molecule has 98 valence electrons. The van der Waals surface area contributed by atoms with Crippen LogP contribution in [0.25, 0.3) is 0 Å². The van der Waals surface area contributed by atoms with E-state index < -0.39 is 0 Å². The SMILES string of the molecule is Cc1ccc(N(N)C(=N)N(C)c2ccccc2)cc1. The largest absolute Gasteiger partial charge is 0.314 e. The third-order valence-electron chi connectivity index (χ3n) is 3.00. The smallest absolute Gasteiger partial charge is 0.217 e. The van der Waals surface area contributed by atoms with Crippen LogP contribution in [-0.2, 0) is 0 Å². The van der Waals surface area contributed by atoms with E-state index >= 15 is 0 Å². The van der Waals surface area contributed by atoms with E-state index in [9.17, 15) is 0 Å². The molecule has 0 aromatic heterocycles. The second-order valence-electron chi connectivity index (χ2n) is 4.42. The molecular weight excluding hydrogens is 236 g/mol. The number of hydrogen-bond donors (Lipinski definition) is 2. The summed E-state index contributed by atoms with van der Waals surface area (Å²) >= 11 is 0. The van der Waals surface area contributed by atoms with Gasteiger partial charge in [0.15, 0.2) is 0 Å². The number of benzene rings is 2. The first-order chi connectivity index (χ1) is 9.09. The molecule has 2 aromatic rings. The van der Waals surface area contributed by atoms with E-state index in [1.54, 1.807) is 4.90 Å². The number of hydrogen-bond acceptors (Lipinski definition) is 2. The fourth-order valence-electron chi connectivity index (χ4n) is 1.76. The Kier molecular flexibility index (Phi) is 3.82. The molecule has 2 aromatic carbocycles. The first kappa shape index (κ1) is 13.1. The van der Waals surface area contributed by atoms with Gasteiger partial charge in [-0.1, -0.05) is 35.9 Å². The highest BCUT2D eigenvalue weighted by molar-refractivity contribution is 6.03. The Morgan fingerprint density at radius 1 is 0.947 bits per heavy atom. The second kappa shape index (κ2) is 5.54. The number of aryl methyl sites for hydroxylation is 1. The molecule has 0 bridgehead atoms. The van der Waals surface area contributed by atoms with Crippen LogP contribution in [0.1, 0.15) is 5.56 Å². The normalized spacial score (nSPS) is 10.1. The van der Waals surface area contributed by atoms with Gasteiger partial charge in [0.2, 0.25) is 5.96 Å². The van der Waals surface area contributed by atoms with Crippen molar-refractivity contribution >= 4 is 17.3 Å². The second-order valence-corrected chi connectivity index (χ2v) is 4.42. The van der Waals surface area contributed by atoms with Gasteiger partial charge in [0.05, 0.1) is 5.69 Å². The summed E-state index contributed by atoms with van der Waals surface area (Å²) in [5.74, 6) is 6.21. The van der Waals surface area contributed by atoms with E-state index in [0.29, 0.717) is 0 Å². The van der Waals surface area contributed by atoms with Crippen LogP contribution in [0.4, 0.5) is 11.4 Å². The summed E-state index contributed by atoms with van der Waals surface area (Å²) in [6, 6.07) is 17.5. The first-order valence-electron chi connectivity index (χ1n) is 6.08. The third kappa shape index (κ3) is 2.92. The van der Waals surface area contributed by atoms with Crippen molar-refractivity contribution in [2.45, 2.75) is 6.92 Å². The lowest BCUT2D eigenvalue weighted by atomic mass is 10.2. The number of guanidine groups is 1. The summed E-state index contributed by atoms with van der Waals surface area (Å²) < 4.78 is 0. The number of nitrogens with two attached hydrogens (primary N) is 1. The van der Waals surface area contributed by atoms with Gasteiger partial charge >= 0.3 is 0 Å². The molecule has 0 saturated heterocycles. The Morgan fingerprint density at radius 2 is 1.53 bits per heavy atom. The van der Waals surface area contributed by atoms with Crippen LogP contribution in [0.15, 0.2) is 54.6 Å². The lowest BCUT2D eigenvalue weighted by Gasteiger charge is -2.27. The van der Waals surface area contributed by atoms with E-state index in [0.717, 1.165) is 11.4 Å². The van der Waals surface area contributed by atoms with Crippen molar-refractivity contribution in [1.29, 1.82) is 5.41 Å². The van der Waals surface area contributed by atoms with Gasteiger partial charge in [-0.2, -0.15) is 0 Å². The molecule has 0 aliphatic heterocycles. The highest BCUT2D eigenvalue weighted by atomic mass is 15.5. The highest BCUT2D eigenvalue weighted by Crippen LogP contribution is 2.16. The molecule has 0 saturated carbocycles. The van der Waals surface area contributed by atoms with Gasteiger partial charge in [0.1, 0.15) is 0 Å². The minimum Gasteiger partial charge on any atom is -0.314 e. The topological polar surface area (TPSA) is 56.4 Å². The molecule has 0 atom stereocenters. The quantitative estimate of drug-likeness (QED) is 0.375. The number of anilines is 2. The number of hydrazine groups is 1. The zero-order valence-electron chi connectivity index (χ0n) is 11.2. The molecule has 4 nitrogen and oxygen atoms in total. The lowest BCUT2D eigenvalue weighted by molar-refractivity contribution is 1.05. The maximum Gasteiger partial charge on any atom is 0.217 e. The molecule has 4 heteroatoms. The minimum absolute atomic E-state index is 0.218. The average Bonchev–Trinajstić information content (AvgIpc) is 2.46. The summed E-state index contributed by atoms with van der Waals surface area (Å²) in [5, 5.41) is 9.52. The summed E-state index contributed by atoms with van der Waals surface area (Å²) in [4.78, 5) is 1.74. The van der Waals surface area contributed by atoms with Gasteiger partial charge in [-0.25, -0.2) is 10.9 Å². The van der Waals surface area contributed by atoms with E-state index in [1.165, 1.54) is 10.6 Å². The summed E-state index contributed by atoms with van der Waals surface area (Å²) in [5.41, 5.74) is 2.88. The molecule has 3 N–H and O–H groups in total. The van der Waals surface area contributed by atoms with Gasteiger partial charge in [-0.05, 0) is 31.2 Å². The molecule has 0 fully saturated rings. The fourth-order valence-corrected chi connectivity index (χ4v) is 1.76. The Labute approximate surface area is 113 Å². The summed E-state index contributed by atoms with van der Waals surface area (Å²) in [7, 11) is 1.83. The Morgan fingerprint density at radius 3 is 2.11 bits per heavy atom. The fraction of sp³-hybridized carbons (Fsp3) is 0.133. The molecule has 0 aliphatic rings. The van der Waals surface area contributed by atoms with E-state index in [4.69, 9.17) is 11.3 Å². The van der Waals surface area contributed by atoms with Crippen molar-refractivity contribution in [3.8, 4) is 0 Å². The van der Waals surface area contributed by atoms with Crippen LogP contribution in [-0.4, -0.2) is 13.0 Å². The monoisotopic (exact) mass is 254 g/mol. The Balaban J connectivity index is 2.17. The van der Waals surface area contributed by atoms with Crippen LogP contribution in [0.5, 0.6) is 0 Å². The molecule has 0 aliphatic carbocycles. The maximum absolute atomic E-state index is 8.16. The van der Waals surface area contributed by atoms with Crippen LogP contribution in [0, 0.1) is 12.3 Å². The number of nitrogens with one attached hydrogen (secondary N) is 1. The molecule has 0 unspecified atom stereocenters. The molecule has 0 amide bonds. The van der Waals surface area contributed by atoms with Crippen molar-refractivity contribution in [2.75, 3.05) is 17.0 Å². The van der Waals surface area contributed by atoms with Crippen molar-refractivity contribution in [1.82, 2.24) is 0 Å². The summed E-state index contributed by atoms with van der Waals surface area (Å²) in [6.45, 7) is 2.02. The average molecular weight is 254 g/mol. The van der Waals surface area contributed by atoms with Gasteiger partial charge in [0, 0.05) is 12.7 Å². The number of nitrogens with zero attached hydrogens (tertiary/aromatic N) is 2. The van der Waals surface area contributed by atoms with Crippen molar-refractivity contribution in [2.24, 2.45) is 5.84 Å². The first-order valence-corrected chi connectivity index (χ1v) is 6.08. The lowest BCUT2D eigenvalue weighted by Crippen LogP contribution is -2.46. The van der Waals surface area contributed by atoms with E-state index in [2.05, 4.69) is 0 Å². The molecule has 19 heavy (non-hydrogen) atoms. The third-order valence-corrected chi connectivity index (χ3v) is 3.00. The molecule has 2 rings (SSSR count). The molecule has 0 radical (unpaired) electrons. The number of rotatable bonds is 2. The molecule has 0 spiro atoms. The van der Waals surface area contributed by atoms with Crippen molar-refractivity contribution in [3.05, 3.63) is 60.2 Å². The van der Waals surface area contributed by atoms with Crippen molar-refractivity contribution in [3.63, 3.8) is 0 Å². The van der Waals surface area contributed by atoms with Gasteiger partial charge in [-0.3, -0.25) is 5.41 Å². The molecule has 0 heterocycles. The van der Waals surface area contributed by atoms with Crippen LogP contribution >= 0.6 is 0 Å². The number of para-hydroxylation sites is 1. The van der Waals surface area contributed by atoms with Crippen LogP contribution in [0.3, 0.4) is 0 Å². The van der Waals surface area contributed by atoms with E-state index in [1.807, 2.05) is 68.6 Å². The zero-order chi connectivity index (χ0) is 13.8.